The molecule has 4 fully saturated rings. The van der Waals surface area contributed by atoms with E-state index in [9.17, 15) is 19.2 Å². The quantitative estimate of drug-likeness (QED) is 0.103. The van der Waals surface area contributed by atoms with Gasteiger partial charge in [-0.25, -0.2) is 24.9 Å². The highest BCUT2D eigenvalue weighted by molar-refractivity contribution is 5.69. The number of anilines is 4. The van der Waals surface area contributed by atoms with Gasteiger partial charge in [0.05, 0.1) is 66.9 Å². The van der Waals surface area contributed by atoms with Gasteiger partial charge in [0.25, 0.3) is 22.2 Å². The Morgan fingerprint density at radius 2 is 0.861 bits per heavy atom. The van der Waals surface area contributed by atoms with Gasteiger partial charge in [-0.05, 0) is 149 Å². The molecule has 4 saturated heterocycles. The molecule has 0 spiro atoms. The predicted molar refractivity (Wildman–Crippen MR) is 429 cm³/mol. The summed E-state index contributed by atoms with van der Waals surface area (Å²) in [6, 6.07) is 47.8. The number of fused-ring (bicyclic) bond motifs is 5. The number of methoxy groups -OCH3 is 3. The van der Waals surface area contributed by atoms with Crippen molar-refractivity contribution in [2.75, 3.05) is 146 Å². The summed E-state index contributed by atoms with van der Waals surface area (Å²) in [5.74, 6) is 2.32. The van der Waals surface area contributed by atoms with Gasteiger partial charge in [-0.3, -0.25) is 36.8 Å². The molecular formula is C83H92N18O7. The molecule has 3 N–H and O–H groups in total. The maximum atomic E-state index is 12.8. The zero-order chi connectivity index (χ0) is 74.8. The molecule has 17 rings (SSSR count). The van der Waals surface area contributed by atoms with Crippen molar-refractivity contribution in [3.63, 3.8) is 0 Å². The van der Waals surface area contributed by atoms with Crippen LogP contribution in [0, 0.1) is 6.92 Å². The molecule has 1 atom stereocenters. The van der Waals surface area contributed by atoms with Crippen molar-refractivity contribution >= 4 is 51.0 Å². The first kappa shape index (κ1) is 73.1. The first-order chi connectivity index (χ1) is 52.6. The zero-order valence-corrected chi connectivity index (χ0v) is 62.3. The van der Waals surface area contributed by atoms with Crippen molar-refractivity contribution in [3.05, 3.63) is 241 Å². The smallest absolute Gasteiger partial charge is 0.258 e. The monoisotopic (exact) mass is 1450 g/mol. The molecule has 0 aliphatic carbocycles. The molecule has 10 aromatic heterocycles. The van der Waals surface area contributed by atoms with E-state index in [2.05, 4.69) is 87.3 Å². The number of likely N-dealkylation sites (N-methyl/N-ethyl adjacent to an activating group) is 1. The molecule has 556 valence electrons. The van der Waals surface area contributed by atoms with Crippen molar-refractivity contribution < 1.29 is 14.2 Å². The Morgan fingerprint density at radius 1 is 0.407 bits per heavy atom. The van der Waals surface area contributed by atoms with E-state index >= 15 is 0 Å². The van der Waals surface area contributed by atoms with E-state index < -0.39 is 0 Å². The predicted octanol–water partition coefficient (Wildman–Crippen LogP) is 9.14. The Labute approximate surface area is 625 Å². The molecule has 0 saturated carbocycles. The fourth-order valence-electron chi connectivity index (χ4n) is 14.2. The van der Waals surface area contributed by atoms with Crippen LogP contribution in [0.2, 0.25) is 0 Å². The Morgan fingerprint density at radius 3 is 1.38 bits per heavy atom. The fraction of sp³-hybridized carbons (Fsp3) is 0.313. The standard InChI is InChI=1S/C22H26N4O2.C21H24N4O2.C20H20N6O.C20H22N4O2/c1-4-16-5-6-17(11-20(16)28-3)19-12-22(27)26-14-18(7-8-21(26)24-19)25-10-9-23-15(2)13-25;1-23-9-4-10-24(12-11-23)17-7-8-20-22-19(14-21(26)25(20)15-17)16-5-3-6-18(13-16)27-2;1-14-2-4-18-23-17(13-25(18)11-14)16-10-20(27)26-12-15(3-5-19(26)22-16)24-8-6-21-7-9-24;1-26-17-5-2-4-15(12-17)18-13-20(25)24-14-16(6-7-19(24)22-18)23-10-3-8-21-9-11-23/h5-8,11-12,14-15,23H,4,9-10,13H2,1-3H3;3,5-8,13-15H,4,9-12H2,1-2H3;2-5,10-13,21H,6-9H2,1H3;2,4-7,12-14,21H,3,8-11H2,1H3/t15-;;;/m0.../s1. The van der Waals surface area contributed by atoms with E-state index in [1.54, 1.807) is 63.2 Å². The maximum absolute atomic E-state index is 12.8. The van der Waals surface area contributed by atoms with Crippen LogP contribution in [0.3, 0.4) is 0 Å². The van der Waals surface area contributed by atoms with Gasteiger partial charge >= 0.3 is 0 Å². The highest BCUT2D eigenvalue weighted by atomic mass is 16.5. The van der Waals surface area contributed by atoms with Crippen LogP contribution in [-0.2, 0) is 6.42 Å². The summed E-state index contributed by atoms with van der Waals surface area (Å²) in [5, 5.41) is 10.2. The first-order valence-corrected chi connectivity index (χ1v) is 37.0. The number of nitrogens with one attached hydrogen (secondary N) is 3. The van der Waals surface area contributed by atoms with Gasteiger partial charge in [0.2, 0.25) is 0 Å². The number of aromatic nitrogens is 10. The number of piperazine rings is 2. The van der Waals surface area contributed by atoms with Crippen molar-refractivity contribution in [1.29, 1.82) is 0 Å². The van der Waals surface area contributed by atoms with Crippen LogP contribution in [0.4, 0.5) is 22.7 Å². The number of rotatable bonds is 12. The van der Waals surface area contributed by atoms with E-state index in [1.165, 1.54) is 0 Å². The highest BCUT2D eigenvalue weighted by Crippen LogP contribution is 2.30. The minimum atomic E-state index is -0.0970. The lowest BCUT2D eigenvalue weighted by atomic mass is 10.1. The Balaban J connectivity index is 0.000000121. The molecule has 0 bridgehead atoms. The number of nitrogens with zero attached hydrogens (tertiary/aromatic N) is 15. The van der Waals surface area contributed by atoms with Gasteiger partial charge < -0.3 is 59.1 Å². The maximum Gasteiger partial charge on any atom is 0.258 e. The van der Waals surface area contributed by atoms with Gasteiger partial charge in [-0.2, -0.15) is 0 Å². The molecule has 25 heteroatoms. The van der Waals surface area contributed by atoms with Gasteiger partial charge in [0.1, 0.15) is 51.2 Å². The average Bonchev–Trinajstić information content (AvgIpc) is 0.981. The summed E-state index contributed by atoms with van der Waals surface area (Å²) >= 11 is 0. The van der Waals surface area contributed by atoms with E-state index in [0.29, 0.717) is 57.1 Å². The summed E-state index contributed by atoms with van der Waals surface area (Å²) in [5.41, 5.74) is 15.5. The molecule has 0 unspecified atom stereocenters. The number of ether oxygens (including phenoxy) is 3. The van der Waals surface area contributed by atoms with E-state index in [-0.39, 0.29) is 22.2 Å². The zero-order valence-electron chi connectivity index (χ0n) is 62.3. The largest absolute Gasteiger partial charge is 0.497 e. The Bertz CT molecular complexity index is 5630. The topological polar surface area (TPSA) is 235 Å². The Hall–Kier alpha value is -11.8. The minimum absolute atomic E-state index is 0.0772. The lowest BCUT2D eigenvalue weighted by Gasteiger charge is -2.33. The second kappa shape index (κ2) is 33.4. The average molecular weight is 1450 g/mol. The van der Waals surface area contributed by atoms with Crippen LogP contribution in [0.15, 0.2) is 208 Å². The van der Waals surface area contributed by atoms with Crippen LogP contribution >= 0.6 is 0 Å². The molecule has 108 heavy (non-hydrogen) atoms. The highest BCUT2D eigenvalue weighted by Gasteiger charge is 2.21. The number of imidazole rings is 1. The number of hydrogen-bond donors (Lipinski definition) is 3. The number of hydrogen-bond acceptors (Lipinski definition) is 20. The number of aryl methyl sites for hydroxylation is 2. The summed E-state index contributed by atoms with van der Waals surface area (Å²) in [4.78, 5) is 85.9. The molecule has 0 radical (unpaired) electrons. The molecule has 4 aliphatic heterocycles. The molecule has 3 aromatic carbocycles. The summed E-state index contributed by atoms with van der Waals surface area (Å²) in [6.45, 7) is 20.9. The SMILES string of the molecule is CCc1ccc(-c2cc(=O)n3cc(N4CCN[C@@H](C)C4)ccc3n2)cc1OC.COc1cccc(-c2cc(=O)n3cc(N4CCCN(C)CC4)ccc3n2)c1.COc1cccc(-c2cc(=O)n3cc(N4CCCNCC4)ccc3n2)c1.Cc1ccc2nc(-c3cc(=O)n4cc(N5CCNCC5)ccc4n3)cn2c1. The first-order valence-electron chi connectivity index (χ1n) is 37.0. The molecule has 14 heterocycles. The third-order valence-corrected chi connectivity index (χ3v) is 20.1. The summed E-state index contributed by atoms with van der Waals surface area (Å²) in [7, 11) is 7.07. The van der Waals surface area contributed by atoms with Crippen LogP contribution < -0.4 is 72.0 Å². The van der Waals surface area contributed by atoms with Gasteiger partial charge in [-0.15, -0.1) is 0 Å². The summed E-state index contributed by atoms with van der Waals surface area (Å²) in [6.07, 6.45) is 14.6. The van der Waals surface area contributed by atoms with E-state index in [4.69, 9.17) is 19.2 Å². The minimum Gasteiger partial charge on any atom is -0.497 e. The second-order valence-corrected chi connectivity index (χ2v) is 27.6. The van der Waals surface area contributed by atoms with Gasteiger partial charge in [0.15, 0.2) is 0 Å². The molecular weight excluding hydrogens is 1360 g/mol. The van der Waals surface area contributed by atoms with Crippen molar-refractivity contribution in [3.8, 4) is 62.4 Å². The van der Waals surface area contributed by atoms with Gasteiger partial charge in [0, 0.05) is 169 Å². The van der Waals surface area contributed by atoms with Crippen molar-refractivity contribution in [2.24, 2.45) is 0 Å². The van der Waals surface area contributed by atoms with Crippen LogP contribution in [-0.4, -0.2) is 184 Å². The van der Waals surface area contributed by atoms with E-state index in [0.717, 1.165) is 191 Å². The third kappa shape index (κ3) is 16.9. The van der Waals surface area contributed by atoms with Crippen LogP contribution in [0.5, 0.6) is 17.2 Å². The van der Waals surface area contributed by atoms with Crippen molar-refractivity contribution in [2.45, 2.75) is 46.1 Å². The normalized spacial score (nSPS) is 15.7. The molecule has 25 nitrogen and oxygen atoms in total. The fourth-order valence-corrected chi connectivity index (χ4v) is 14.2. The van der Waals surface area contributed by atoms with Crippen LogP contribution in [0.25, 0.3) is 73.4 Å². The van der Waals surface area contributed by atoms with E-state index in [1.807, 2.05) is 170 Å². The number of benzene rings is 3. The van der Waals surface area contributed by atoms with Crippen molar-refractivity contribution in [1.82, 2.24) is 67.8 Å². The lowest BCUT2D eigenvalue weighted by molar-refractivity contribution is 0.360. The third-order valence-electron chi connectivity index (χ3n) is 20.1. The lowest BCUT2D eigenvalue weighted by Crippen LogP contribution is -2.49. The second-order valence-electron chi connectivity index (χ2n) is 27.6. The molecule has 13 aromatic rings. The Kier molecular flexibility index (Phi) is 22.6. The molecule has 4 aliphatic rings. The van der Waals surface area contributed by atoms with Gasteiger partial charge in [-0.1, -0.05) is 49.4 Å². The molecule has 0 amide bonds. The van der Waals surface area contributed by atoms with Crippen LogP contribution in [0.1, 0.15) is 37.8 Å². The number of pyridine rings is 5. The summed E-state index contributed by atoms with van der Waals surface area (Å²) < 4.78 is 24.5.